The number of aliphatic hydroxyl groups is 1. The summed E-state index contributed by atoms with van der Waals surface area (Å²) in [5.74, 6) is 0.0615. The Morgan fingerprint density at radius 2 is 2.00 bits per heavy atom. The number of aliphatic hydroxyl groups excluding tert-OH is 1. The largest absolute Gasteiger partial charge is 0.395 e. The van der Waals surface area contributed by atoms with Crippen LogP contribution in [0.15, 0.2) is 0 Å². The Morgan fingerprint density at radius 3 is 2.50 bits per heavy atom. The quantitative estimate of drug-likeness (QED) is 0.621. The monoisotopic (exact) mass is 230 g/mol. The molecule has 0 spiro atoms. The lowest BCUT2D eigenvalue weighted by molar-refractivity contribution is -0.126. The topological polar surface area (TPSA) is 52.6 Å². The fraction of sp³-hybridized carbons (Fsp3) is 0.917. The lowest BCUT2D eigenvalue weighted by Gasteiger charge is -2.27. The first-order chi connectivity index (χ1) is 7.67. The number of hydrogen-bond donors (Lipinski definition) is 2. The third kappa shape index (κ3) is 6.08. The molecule has 16 heavy (non-hydrogen) atoms. The molecule has 4 heteroatoms. The van der Waals surface area contributed by atoms with Gasteiger partial charge in [0.15, 0.2) is 0 Å². The van der Waals surface area contributed by atoms with Gasteiger partial charge in [0.25, 0.3) is 0 Å². The summed E-state index contributed by atoms with van der Waals surface area (Å²) in [7, 11) is 0. The van der Waals surface area contributed by atoms with Gasteiger partial charge in [0.05, 0.1) is 12.6 Å². The third-order valence-corrected chi connectivity index (χ3v) is 2.66. The van der Waals surface area contributed by atoms with Crippen molar-refractivity contribution in [2.24, 2.45) is 0 Å². The molecule has 1 unspecified atom stereocenters. The molecule has 0 aliphatic rings. The number of hydrogen-bond acceptors (Lipinski definition) is 3. The Bertz CT molecular complexity index is 186. The van der Waals surface area contributed by atoms with Crippen molar-refractivity contribution >= 4 is 5.91 Å². The van der Waals surface area contributed by atoms with Gasteiger partial charge in [0, 0.05) is 13.1 Å². The van der Waals surface area contributed by atoms with Crippen LogP contribution in [0.25, 0.3) is 0 Å². The maximum Gasteiger partial charge on any atom is 0.237 e. The van der Waals surface area contributed by atoms with E-state index in [1.54, 1.807) is 0 Å². The van der Waals surface area contributed by atoms with Gasteiger partial charge in [-0.2, -0.15) is 0 Å². The summed E-state index contributed by atoms with van der Waals surface area (Å²) in [6.07, 6.45) is 3.12. The molecule has 0 rings (SSSR count). The van der Waals surface area contributed by atoms with Crippen LogP contribution in [0.3, 0.4) is 0 Å². The van der Waals surface area contributed by atoms with E-state index in [0.717, 1.165) is 32.4 Å². The predicted octanol–water partition coefficient (Wildman–Crippen LogP) is 0.995. The maximum absolute atomic E-state index is 11.7. The molecule has 1 amide bonds. The maximum atomic E-state index is 11.7. The summed E-state index contributed by atoms with van der Waals surface area (Å²) in [6.45, 7) is 8.33. The zero-order valence-electron chi connectivity index (χ0n) is 10.8. The molecule has 0 saturated heterocycles. The van der Waals surface area contributed by atoms with Crippen molar-refractivity contribution in [1.82, 2.24) is 10.2 Å². The minimum Gasteiger partial charge on any atom is -0.395 e. The highest BCUT2D eigenvalue weighted by molar-refractivity contribution is 5.81. The van der Waals surface area contributed by atoms with Crippen LogP contribution in [-0.2, 0) is 4.79 Å². The fourth-order valence-corrected chi connectivity index (χ4v) is 1.55. The summed E-state index contributed by atoms with van der Waals surface area (Å²) in [5, 5.41) is 11.9. The van der Waals surface area contributed by atoms with Crippen LogP contribution in [0.4, 0.5) is 0 Å². The Morgan fingerprint density at radius 1 is 1.31 bits per heavy atom. The summed E-state index contributed by atoms with van der Waals surface area (Å²) < 4.78 is 0. The van der Waals surface area contributed by atoms with Gasteiger partial charge in [-0.05, 0) is 26.3 Å². The summed E-state index contributed by atoms with van der Waals surface area (Å²) in [6, 6.07) is -0.148. The van der Waals surface area contributed by atoms with Gasteiger partial charge >= 0.3 is 0 Å². The molecule has 0 aromatic rings. The SMILES string of the molecule is CCCCN(CCO)C(C)C(=O)NCCC. The summed E-state index contributed by atoms with van der Waals surface area (Å²) in [4.78, 5) is 13.8. The van der Waals surface area contributed by atoms with Crippen LogP contribution in [0, 0.1) is 0 Å². The molecule has 0 saturated carbocycles. The molecule has 2 N–H and O–H groups in total. The van der Waals surface area contributed by atoms with Crippen LogP contribution in [-0.4, -0.2) is 48.2 Å². The minimum atomic E-state index is -0.148. The zero-order chi connectivity index (χ0) is 12.4. The van der Waals surface area contributed by atoms with E-state index in [1.165, 1.54) is 0 Å². The van der Waals surface area contributed by atoms with E-state index in [1.807, 2.05) is 18.7 Å². The standard InChI is InChI=1S/C12H26N2O2/c1-4-6-8-14(9-10-15)11(3)12(16)13-7-5-2/h11,15H,4-10H2,1-3H3,(H,13,16). The number of unbranched alkanes of at least 4 members (excludes halogenated alkanes) is 1. The minimum absolute atomic E-state index is 0.0615. The average molecular weight is 230 g/mol. The molecule has 0 heterocycles. The highest BCUT2D eigenvalue weighted by Crippen LogP contribution is 2.02. The molecule has 0 aromatic heterocycles. The van der Waals surface area contributed by atoms with E-state index in [-0.39, 0.29) is 18.6 Å². The fourth-order valence-electron chi connectivity index (χ4n) is 1.55. The van der Waals surface area contributed by atoms with Crippen molar-refractivity contribution in [2.75, 3.05) is 26.2 Å². The first kappa shape index (κ1) is 15.4. The molecule has 0 fully saturated rings. The smallest absolute Gasteiger partial charge is 0.237 e. The summed E-state index contributed by atoms with van der Waals surface area (Å²) >= 11 is 0. The molecular formula is C12H26N2O2. The lowest BCUT2D eigenvalue weighted by atomic mass is 10.2. The van der Waals surface area contributed by atoms with Gasteiger partial charge < -0.3 is 10.4 Å². The number of amides is 1. The van der Waals surface area contributed by atoms with E-state index < -0.39 is 0 Å². The molecule has 0 aliphatic carbocycles. The van der Waals surface area contributed by atoms with Gasteiger partial charge in [-0.1, -0.05) is 20.3 Å². The Kier molecular flexibility index (Phi) is 9.24. The zero-order valence-corrected chi connectivity index (χ0v) is 10.8. The molecule has 1 atom stereocenters. The second-order valence-corrected chi connectivity index (χ2v) is 4.08. The molecular weight excluding hydrogens is 204 g/mol. The van der Waals surface area contributed by atoms with Crippen molar-refractivity contribution in [1.29, 1.82) is 0 Å². The molecule has 4 nitrogen and oxygen atoms in total. The highest BCUT2D eigenvalue weighted by atomic mass is 16.3. The molecule has 0 bridgehead atoms. The van der Waals surface area contributed by atoms with E-state index in [0.29, 0.717) is 6.54 Å². The Balaban J connectivity index is 4.12. The second kappa shape index (κ2) is 9.60. The molecule has 96 valence electrons. The molecule has 0 radical (unpaired) electrons. The van der Waals surface area contributed by atoms with Gasteiger partial charge in [-0.25, -0.2) is 0 Å². The normalized spacial score (nSPS) is 12.8. The van der Waals surface area contributed by atoms with E-state index >= 15 is 0 Å². The van der Waals surface area contributed by atoms with Crippen molar-refractivity contribution < 1.29 is 9.90 Å². The lowest BCUT2D eigenvalue weighted by Crippen LogP contribution is -2.46. The van der Waals surface area contributed by atoms with Crippen LogP contribution >= 0.6 is 0 Å². The Labute approximate surface area is 99.0 Å². The number of carbonyl (C=O) groups is 1. The van der Waals surface area contributed by atoms with Crippen LogP contribution in [0.2, 0.25) is 0 Å². The number of nitrogens with zero attached hydrogens (tertiary/aromatic N) is 1. The van der Waals surface area contributed by atoms with Crippen molar-refractivity contribution in [3.63, 3.8) is 0 Å². The van der Waals surface area contributed by atoms with E-state index in [9.17, 15) is 4.79 Å². The van der Waals surface area contributed by atoms with Crippen molar-refractivity contribution in [3.05, 3.63) is 0 Å². The average Bonchev–Trinajstić information content (AvgIpc) is 2.30. The predicted molar refractivity (Wildman–Crippen MR) is 66.3 cm³/mol. The first-order valence-electron chi connectivity index (χ1n) is 6.29. The summed E-state index contributed by atoms with van der Waals surface area (Å²) in [5.41, 5.74) is 0. The van der Waals surface area contributed by atoms with E-state index in [4.69, 9.17) is 5.11 Å². The van der Waals surface area contributed by atoms with Gasteiger partial charge in [0.1, 0.15) is 0 Å². The van der Waals surface area contributed by atoms with Gasteiger partial charge in [0.2, 0.25) is 5.91 Å². The highest BCUT2D eigenvalue weighted by Gasteiger charge is 2.19. The molecule has 0 aliphatic heterocycles. The number of carbonyl (C=O) groups excluding carboxylic acids is 1. The van der Waals surface area contributed by atoms with Crippen LogP contribution in [0.5, 0.6) is 0 Å². The van der Waals surface area contributed by atoms with Crippen molar-refractivity contribution in [2.45, 2.75) is 46.1 Å². The first-order valence-corrected chi connectivity index (χ1v) is 6.29. The van der Waals surface area contributed by atoms with Gasteiger partial charge in [-0.15, -0.1) is 0 Å². The third-order valence-electron chi connectivity index (χ3n) is 2.66. The number of nitrogens with one attached hydrogen (secondary N) is 1. The van der Waals surface area contributed by atoms with Gasteiger partial charge in [-0.3, -0.25) is 9.69 Å². The molecule has 0 aromatic carbocycles. The number of rotatable bonds is 9. The van der Waals surface area contributed by atoms with E-state index in [2.05, 4.69) is 12.2 Å². The van der Waals surface area contributed by atoms with Crippen LogP contribution < -0.4 is 5.32 Å². The Hall–Kier alpha value is -0.610. The van der Waals surface area contributed by atoms with Crippen molar-refractivity contribution in [3.8, 4) is 0 Å². The second-order valence-electron chi connectivity index (χ2n) is 4.08. The van der Waals surface area contributed by atoms with Crippen LogP contribution in [0.1, 0.15) is 40.0 Å².